The molecular formula is C30H42ClN3O7. The van der Waals surface area contributed by atoms with Gasteiger partial charge in [-0.1, -0.05) is 67.5 Å². The second-order valence-electron chi connectivity index (χ2n) is 9.62. The summed E-state index contributed by atoms with van der Waals surface area (Å²) in [5, 5.41) is 8.37. The Morgan fingerprint density at radius 3 is 2.46 bits per heavy atom. The Kier molecular flexibility index (Phi) is 16.6. The Morgan fingerprint density at radius 2 is 1.85 bits per heavy atom. The molecule has 0 radical (unpaired) electrons. The van der Waals surface area contributed by atoms with Crippen molar-refractivity contribution >= 4 is 35.5 Å². The molecular weight excluding hydrogens is 550 g/mol. The zero-order valence-electron chi connectivity index (χ0n) is 24.6. The van der Waals surface area contributed by atoms with Crippen molar-refractivity contribution in [1.82, 2.24) is 16.0 Å². The van der Waals surface area contributed by atoms with Gasteiger partial charge < -0.3 is 30.2 Å². The Hall–Kier alpha value is -3.79. The molecule has 0 aliphatic carbocycles. The van der Waals surface area contributed by atoms with Crippen LogP contribution in [0.4, 0.5) is 4.79 Å². The van der Waals surface area contributed by atoms with Gasteiger partial charge >= 0.3 is 12.1 Å². The fourth-order valence-electron chi connectivity index (χ4n) is 3.51. The topological polar surface area (TPSA) is 132 Å². The standard InChI is InChI=1S/C30H42ClN3O7/c1-20(2)27(28(36)33-19-9-11-23(16-14-22(4)31)41-30(38)32-5)34-26(35)12-8-7-10-21(3)13-15-24-17-18-25(39-6)29(37)40-24/h7-10,12-14,18-20,23-24,27H,11,15-17H2,1-6H3,(H,32,38)(H,33,36)(H,34,35)/b10-7-,12-8-,19-9-,21-13+,22-14+. The summed E-state index contributed by atoms with van der Waals surface area (Å²) in [7, 11) is 2.90. The van der Waals surface area contributed by atoms with Crippen LogP contribution in [0.25, 0.3) is 0 Å². The molecule has 1 aliphatic heterocycles. The van der Waals surface area contributed by atoms with Crippen molar-refractivity contribution in [1.29, 1.82) is 0 Å². The van der Waals surface area contributed by atoms with E-state index in [0.29, 0.717) is 30.7 Å². The lowest BCUT2D eigenvalue weighted by molar-refractivity contribution is -0.149. The monoisotopic (exact) mass is 591 g/mol. The largest absolute Gasteiger partial charge is 0.490 e. The SMILES string of the molecule is CNC(=O)OC(C/C=C\NC(=O)C(NC(=O)\C=C/C=C\C(C)=C\CC1CC=C(OC)C(=O)O1)C(C)C)C/C=C(\C)Cl. The van der Waals surface area contributed by atoms with E-state index in [2.05, 4.69) is 16.0 Å². The average Bonchev–Trinajstić information content (AvgIpc) is 2.93. The maximum absolute atomic E-state index is 12.7. The first-order valence-electron chi connectivity index (χ1n) is 13.4. The van der Waals surface area contributed by atoms with Gasteiger partial charge in [0.05, 0.1) is 7.11 Å². The number of carbonyl (C=O) groups is 4. The van der Waals surface area contributed by atoms with Crippen LogP contribution in [-0.2, 0) is 28.6 Å². The molecule has 0 aromatic rings. The Bertz CT molecular complexity index is 1090. The fraction of sp³-hybridized carbons (Fsp3) is 0.467. The minimum atomic E-state index is -0.756. The van der Waals surface area contributed by atoms with Crippen LogP contribution in [0, 0.1) is 5.92 Å². The van der Waals surface area contributed by atoms with Gasteiger partial charge in [0.1, 0.15) is 18.2 Å². The maximum atomic E-state index is 12.7. The van der Waals surface area contributed by atoms with Crippen LogP contribution in [0.1, 0.15) is 53.4 Å². The molecule has 11 heteroatoms. The van der Waals surface area contributed by atoms with Crippen LogP contribution < -0.4 is 16.0 Å². The first kappa shape index (κ1) is 35.2. The molecule has 0 bridgehead atoms. The summed E-state index contributed by atoms with van der Waals surface area (Å²) in [4.78, 5) is 48.4. The van der Waals surface area contributed by atoms with Gasteiger partial charge in [-0.2, -0.15) is 0 Å². The molecule has 0 saturated carbocycles. The summed E-state index contributed by atoms with van der Waals surface area (Å²) in [6.45, 7) is 7.29. The van der Waals surface area contributed by atoms with E-state index in [1.807, 2.05) is 32.9 Å². The van der Waals surface area contributed by atoms with Crippen LogP contribution >= 0.6 is 11.6 Å². The number of cyclic esters (lactones) is 1. The minimum Gasteiger partial charge on any atom is -0.490 e. The molecule has 3 atom stereocenters. The molecule has 0 aromatic heterocycles. The molecule has 1 aliphatic rings. The number of nitrogens with one attached hydrogen (secondary N) is 3. The van der Waals surface area contributed by atoms with E-state index in [-0.39, 0.29) is 23.7 Å². The molecule has 1 rings (SSSR count). The number of carbonyl (C=O) groups excluding carboxylic acids is 4. The minimum absolute atomic E-state index is 0.161. The Labute approximate surface area is 247 Å². The second kappa shape index (κ2) is 19.3. The average molecular weight is 592 g/mol. The van der Waals surface area contributed by atoms with Crippen molar-refractivity contribution in [2.45, 2.75) is 71.6 Å². The zero-order chi connectivity index (χ0) is 30.8. The molecule has 3 unspecified atom stereocenters. The summed E-state index contributed by atoms with van der Waals surface area (Å²) < 4.78 is 15.6. The van der Waals surface area contributed by atoms with Crippen LogP contribution in [-0.4, -0.2) is 56.3 Å². The lowest BCUT2D eigenvalue weighted by atomic mass is 10.0. The quantitative estimate of drug-likeness (QED) is 0.143. The number of methoxy groups -OCH3 is 1. The molecule has 1 heterocycles. The molecule has 10 nitrogen and oxygen atoms in total. The van der Waals surface area contributed by atoms with E-state index in [1.165, 1.54) is 26.4 Å². The Balaban J connectivity index is 2.58. The van der Waals surface area contributed by atoms with Crippen molar-refractivity contribution in [3.8, 4) is 0 Å². The number of esters is 1. The molecule has 0 aromatic carbocycles. The van der Waals surface area contributed by atoms with Gasteiger partial charge in [0.15, 0.2) is 5.76 Å². The van der Waals surface area contributed by atoms with Gasteiger partial charge in [-0.25, -0.2) is 9.59 Å². The number of rotatable bonds is 15. The van der Waals surface area contributed by atoms with E-state index >= 15 is 0 Å². The van der Waals surface area contributed by atoms with Crippen molar-refractivity contribution in [3.05, 3.63) is 71.2 Å². The van der Waals surface area contributed by atoms with Gasteiger partial charge in [-0.3, -0.25) is 9.59 Å². The number of hydrogen-bond donors (Lipinski definition) is 3. The number of ether oxygens (including phenoxy) is 3. The summed E-state index contributed by atoms with van der Waals surface area (Å²) >= 11 is 5.87. The summed E-state index contributed by atoms with van der Waals surface area (Å²) in [5.41, 5.74) is 0.940. The third-order valence-corrected chi connectivity index (χ3v) is 5.96. The maximum Gasteiger partial charge on any atom is 0.407 e. The van der Waals surface area contributed by atoms with Crippen molar-refractivity contribution in [2.75, 3.05) is 14.2 Å². The van der Waals surface area contributed by atoms with E-state index in [0.717, 1.165) is 5.57 Å². The molecule has 3 N–H and O–H groups in total. The fourth-order valence-corrected chi connectivity index (χ4v) is 3.60. The highest BCUT2D eigenvalue weighted by molar-refractivity contribution is 6.29. The number of halogens is 1. The smallest absolute Gasteiger partial charge is 0.407 e. The van der Waals surface area contributed by atoms with Crippen LogP contribution in [0.15, 0.2) is 71.2 Å². The highest BCUT2D eigenvalue weighted by atomic mass is 35.5. The third-order valence-electron chi connectivity index (χ3n) is 5.81. The normalized spacial score (nSPS) is 17.8. The zero-order valence-corrected chi connectivity index (χ0v) is 25.3. The van der Waals surface area contributed by atoms with E-state index in [9.17, 15) is 19.2 Å². The van der Waals surface area contributed by atoms with Gasteiger partial charge in [0.2, 0.25) is 11.8 Å². The number of hydrogen-bond acceptors (Lipinski definition) is 7. The predicted octanol–water partition coefficient (Wildman–Crippen LogP) is 4.70. The van der Waals surface area contributed by atoms with Gasteiger partial charge in [0, 0.05) is 43.8 Å². The van der Waals surface area contributed by atoms with Gasteiger partial charge in [0.25, 0.3) is 0 Å². The number of amides is 3. The molecule has 3 amide bonds. The van der Waals surface area contributed by atoms with Crippen LogP contribution in [0.2, 0.25) is 0 Å². The van der Waals surface area contributed by atoms with Crippen molar-refractivity contribution < 1.29 is 33.4 Å². The summed E-state index contributed by atoms with van der Waals surface area (Å²) in [6.07, 6.45) is 15.7. The van der Waals surface area contributed by atoms with Crippen LogP contribution in [0.3, 0.4) is 0 Å². The van der Waals surface area contributed by atoms with Crippen molar-refractivity contribution in [2.24, 2.45) is 5.92 Å². The number of allylic oxidation sites excluding steroid dienone is 5. The first-order chi connectivity index (χ1) is 19.5. The highest BCUT2D eigenvalue weighted by Crippen LogP contribution is 2.18. The lowest BCUT2D eigenvalue weighted by Gasteiger charge is -2.20. The van der Waals surface area contributed by atoms with E-state index in [1.54, 1.807) is 37.3 Å². The predicted molar refractivity (Wildman–Crippen MR) is 158 cm³/mol. The second-order valence-corrected chi connectivity index (χ2v) is 10.2. The molecule has 226 valence electrons. The molecule has 0 fully saturated rings. The summed E-state index contributed by atoms with van der Waals surface area (Å²) in [5.74, 6) is -1.18. The van der Waals surface area contributed by atoms with Gasteiger partial charge in [-0.05, 0) is 32.0 Å². The van der Waals surface area contributed by atoms with Crippen molar-refractivity contribution in [3.63, 3.8) is 0 Å². The first-order valence-corrected chi connectivity index (χ1v) is 13.8. The molecule has 0 spiro atoms. The third kappa shape index (κ3) is 15.0. The van der Waals surface area contributed by atoms with Crippen LogP contribution in [0.5, 0.6) is 0 Å². The molecule has 41 heavy (non-hydrogen) atoms. The summed E-state index contributed by atoms with van der Waals surface area (Å²) in [6, 6.07) is -0.756. The molecule has 0 saturated heterocycles. The Morgan fingerprint density at radius 1 is 1.15 bits per heavy atom. The number of alkyl carbamates (subject to hydrolysis) is 1. The highest BCUT2D eigenvalue weighted by Gasteiger charge is 2.23. The van der Waals surface area contributed by atoms with E-state index in [4.69, 9.17) is 25.8 Å². The lowest BCUT2D eigenvalue weighted by Crippen LogP contribution is -2.48. The van der Waals surface area contributed by atoms with Gasteiger partial charge in [-0.15, -0.1) is 0 Å². The van der Waals surface area contributed by atoms with E-state index < -0.39 is 30.1 Å².